The highest BCUT2D eigenvalue weighted by Crippen LogP contribution is 2.42. The fraction of sp³-hybridized carbons (Fsp3) is 0.333. The van der Waals surface area contributed by atoms with E-state index in [-0.39, 0.29) is 24.5 Å². The summed E-state index contributed by atoms with van der Waals surface area (Å²) in [7, 11) is 1.85. The van der Waals surface area contributed by atoms with E-state index in [0.717, 1.165) is 5.56 Å². The quantitative estimate of drug-likeness (QED) is 0.835. The van der Waals surface area contributed by atoms with Crippen molar-refractivity contribution in [3.8, 4) is 0 Å². The lowest BCUT2D eigenvalue weighted by atomic mass is 9.76. The summed E-state index contributed by atoms with van der Waals surface area (Å²) in [6.45, 7) is 1.11. The van der Waals surface area contributed by atoms with Crippen LogP contribution in [0.2, 0.25) is 0 Å². The average molecular weight is 350 g/mol. The molecule has 2 aliphatic heterocycles. The fourth-order valence-electron chi connectivity index (χ4n) is 4.17. The summed E-state index contributed by atoms with van der Waals surface area (Å²) in [5.41, 5.74) is 1.22. The molecule has 0 unspecified atom stereocenters. The van der Waals surface area contributed by atoms with Gasteiger partial charge in [-0.1, -0.05) is 48.5 Å². The SMILES string of the molecule is CN1C(=O)CO[C@@H]2CN(C(=O)c3ccccc3)CC[C@]21c1ccccc1. The molecular weight excluding hydrogens is 328 g/mol. The van der Waals surface area contributed by atoms with Crippen LogP contribution in [0.1, 0.15) is 22.3 Å². The van der Waals surface area contributed by atoms with Crippen LogP contribution in [0.5, 0.6) is 0 Å². The molecule has 0 bridgehead atoms. The van der Waals surface area contributed by atoms with Gasteiger partial charge in [0.1, 0.15) is 12.7 Å². The van der Waals surface area contributed by atoms with Crippen LogP contribution < -0.4 is 0 Å². The molecule has 2 heterocycles. The third-order valence-corrected chi connectivity index (χ3v) is 5.64. The van der Waals surface area contributed by atoms with Crippen LogP contribution in [0.15, 0.2) is 60.7 Å². The lowest BCUT2D eigenvalue weighted by molar-refractivity contribution is -0.180. The highest BCUT2D eigenvalue weighted by molar-refractivity contribution is 5.94. The largest absolute Gasteiger partial charge is 0.364 e. The zero-order chi connectivity index (χ0) is 18.1. The van der Waals surface area contributed by atoms with Gasteiger partial charge in [-0.3, -0.25) is 9.59 Å². The number of nitrogens with zero attached hydrogens (tertiary/aromatic N) is 2. The predicted octanol–water partition coefficient (Wildman–Crippen LogP) is 2.29. The van der Waals surface area contributed by atoms with Gasteiger partial charge in [0, 0.05) is 25.7 Å². The highest BCUT2D eigenvalue weighted by atomic mass is 16.5. The second-order valence-corrected chi connectivity index (χ2v) is 6.91. The standard InChI is InChI=1S/C21H22N2O3/c1-22-19(24)15-26-18-14-23(20(25)16-8-4-2-5-9-16)13-12-21(18,22)17-10-6-3-7-11-17/h2-11,18H,12-15H2,1H3/t18-,21+/m1/s1. The molecule has 0 radical (unpaired) electrons. The number of ether oxygens (including phenoxy) is 1. The molecule has 5 heteroatoms. The smallest absolute Gasteiger partial charge is 0.253 e. The third-order valence-electron chi connectivity index (χ3n) is 5.64. The minimum atomic E-state index is -0.524. The van der Waals surface area contributed by atoms with Crippen LogP contribution in [0.4, 0.5) is 0 Å². The predicted molar refractivity (Wildman–Crippen MR) is 97.6 cm³/mol. The van der Waals surface area contributed by atoms with E-state index in [1.807, 2.05) is 77.5 Å². The minimum absolute atomic E-state index is 0.00964. The maximum absolute atomic E-state index is 12.9. The Labute approximate surface area is 153 Å². The van der Waals surface area contributed by atoms with Gasteiger partial charge in [-0.05, 0) is 24.1 Å². The number of hydrogen-bond donors (Lipinski definition) is 0. The van der Waals surface area contributed by atoms with Crippen molar-refractivity contribution in [3.05, 3.63) is 71.8 Å². The van der Waals surface area contributed by atoms with E-state index in [1.54, 1.807) is 0 Å². The summed E-state index contributed by atoms with van der Waals surface area (Å²) in [4.78, 5) is 28.9. The molecule has 2 aliphatic rings. The summed E-state index contributed by atoms with van der Waals surface area (Å²) >= 11 is 0. The lowest BCUT2D eigenvalue weighted by Gasteiger charge is -2.54. The number of amides is 2. The van der Waals surface area contributed by atoms with Crippen LogP contribution >= 0.6 is 0 Å². The number of carbonyl (C=O) groups is 2. The van der Waals surface area contributed by atoms with E-state index < -0.39 is 5.54 Å². The van der Waals surface area contributed by atoms with Crippen LogP contribution in [0, 0.1) is 0 Å². The maximum atomic E-state index is 12.9. The number of rotatable bonds is 2. The molecule has 0 aliphatic carbocycles. The van der Waals surface area contributed by atoms with Gasteiger partial charge < -0.3 is 14.5 Å². The van der Waals surface area contributed by atoms with Crippen molar-refractivity contribution < 1.29 is 14.3 Å². The molecule has 26 heavy (non-hydrogen) atoms. The monoisotopic (exact) mass is 350 g/mol. The summed E-state index contributed by atoms with van der Waals surface area (Å²) < 4.78 is 5.95. The van der Waals surface area contributed by atoms with E-state index in [0.29, 0.717) is 25.1 Å². The molecule has 2 aromatic rings. The first-order valence-electron chi connectivity index (χ1n) is 8.91. The molecule has 2 fully saturated rings. The molecule has 4 rings (SSSR count). The van der Waals surface area contributed by atoms with Gasteiger partial charge >= 0.3 is 0 Å². The van der Waals surface area contributed by atoms with Gasteiger partial charge in [-0.25, -0.2) is 0 Å². The van der Waals surface area contributed by atoms with Crippen LogP contribution in [0.3, 0.4) is 0 Å². The lowest BCUT2D eigenvalue weighted by Crippen LogP contribution is -2.67. The Balaban J connectivity index is 1.66. The first-order valence-corrected chi connectivity index (χ1v) is 8.91. The Bertz CT molecular complexity index is 809. The second kappa shape index (κ2) is 6.57. The Hall–Kier alpha value is -2.66. The fourth-order valence-corrected chi connectivity index (χ4v) is 4.17. The van der Waals surface area contributed by atoms with E-state index in [9.17, 15) is 9.59 Å². The number of hydrogen-bond acceptors (Lipinski definition) is 3. The van der Waals surface area contributed by atoms with Crippen LogP contribution in [-0.4, -0.2) is 54.5 Å². The van der Waals surface area contributed by atoms with E-state index in [2.05, 4.69) is 0 Å². The Morgan fingerprint density at radius 1 is 1.08 bits per heavy atom. The summed E-state index contributed by atoms with van der Waals surface area (Å²) in [5.74, 6) is -0.0108. The number of likely N-dealkylation sites (tertiary alicyclic amines) is 1. The van der Waals surface area contributed by atoms with E-state index in [4.69, 9.17) is 4.74 Å². The number of piperidine rings is 1. The topological polar surface area (TPSA) is 49.9 Å². The number of fused-ring (bicyclic) bond motifs is 1. The van der Waals surface area contributed by atoms with Crippen molar-refractivity contribution >= 4 is 11.8 Å². The van der Waals surface area contributed by atoms with Crippen LogP contribution in [-0.2, 0) is 15.1 Å². The zero-order valence-electron chi connectivity index (χ0n) is 14.8. The first-order chi connectivity index (χ1) is 12.6. The van der Waals surface area contributed by atoms with Crippen LogP contribution in [0.25, 0.3) is 0 Å². The summed E-state index contributed by atoms with van der Waals surface area (Å²) in [6, 6.07) is 19.3. The van der Waals surface area contributed by atoms with E-state index in [1.165, 1.54) is 0 Å². The van der Waals surface area contributed by atoms with Gasteiger partial charge in [0.05, 0.1) is 5.54 Å². The molecule has 0 N–H and O–H groups in total. The molecule has 5 nitrogen and oxygen atoms in total. The molecule has 2 atom stereocenters. The van der Waals surface area contributed by atoms with Crippen molar-refractivity contribution in [1.82, 2.24) is 9.80 Å². The first kappa shape index (κ1) is 16.8. The van der Waals surface area contributed by atoms with Gasteiger partial charge in [0.25, 0.3) is 5.91 Å². The van der Waals surface area contributed by atoms with E-state index >= 15 is 0 Å². The zero-order valence-corrected chi connectivity index (χ0v) is 14.8. The maximum Gasteiger partial charge on any atom is 0.253 e. The summed E-state index contributed by atoms with van der Waals surface area (Å²) in [5, 5.41) is 0. The van der Waals surface area contributed by atoms with Crippen molar-refractivity contribution in [3.63, 3.8) is 0 Å². The Kier molecular flexibility index (Phi) is 4.24. The number of carbonyl (C=O) groups excluding carboxylic acids is 2. The molecule has 134 valence electrons. The Morgan fingerprint density at radius 3 is 2.42 bits per heavy atom. The van der Waals surface area contributed by atoms with Crippen molar-refractivity contribution in [2.24, 2.45) is 0 Å². The number of likely N-dealkylation sites (N-methyl/N-ethyl adjacent to an activating group) is 1. The normalized spacial score (nSPS) is 25.7. The molecule has 2 amide bonds. The Morgan fingerprint density at radius 2 is 1.73 bits per heavy atom. The van der Waals surface area contributed by atoms with Crippen molar-refractivity contribution in [2.45, 2.75) is 18.1 Å². The number of morpholine rings is 1. The molecule has 2 saturated heterocycles. The highest BCUT2D eigenvalue weighted by Gasteiger charge is 2.53. The molecule has 0 saturated carbocycles. The second-order valence-electron chi connectivity index (χ2n) is 6.91. The van der Waals surface area contributed by atoms with Gasteiger partial charge in [-0.15, -0.1) is 0 Å². The molecule has 0 spiro atoms. The third kappa shape index (κ3) is 2.59. The van der Waals surface area contributed by atoms with Crippen molar-refractivity contribution in [1.29, 1.82) is 0 Å². The minimum Gasteiger partial charge on any atom is -0.364 e. The number of benzene rings is 2. The molecule has 2 aromatic carbocycles. The van der Waals surface area contributed by atoms with Crippen molar-refractivity contribution in [2.75, 3.05) is 26.7 Å². The molecule has 0 aromatic heterocycles. The van der Waals surface area contributed by atoms with Gasteiger partial charge in [0.15, 0.2) is 0 Å². The van der Waals surface area contributed by atoms with Gasteiger partial charge in [-0.2, -0.15) is 0 Å². The summed E-state index contributed by atoms with van der Waals surface area (Å²) in [6.07, 6.45) is 0.414. The average Bonchev–Trinajstić information content (AvgIpc) is 2.71. The van der Waals surface area contributed by atoms with Gasteiger partial charge in [0.2, 0.25) is 5.91 Å². The molecular formula is C21H22N2O3.